The summed E-state index contributed by atoms with van der Waals surface area (Å²) in [5.74, 6) is 0.469. The first-order valence-electron chi connectivity index (χ1n) is 13.3. The van der Waals surface area contributed by atoms with Gasteiger partial charge in [-0.25, -0.2) is 14.3 Å². The van der Waals surface area contributed by atoms with Crippen LogP contribution in [0.5, 0.6) is 0 Å². The van der Waals surface area contributed by atoms with Crippen molar-refractivity contribution in [2.75, 3.05) is 18.0 Å². The molecular formula is C31H37ClN6O2S. The Morgan fingerprint density at radius 1 is 1.15 bits per heavy atom. The van der Waals surface area contributed by atoms with E-state index in [4.69, 9.17) is 16.6 Å². The Balaban J connectivity index is 0.00000387. The zero-order valence-corrected chi connectivity index (χ0v) is 25.2. The first kappa shape index (κ1) is 30.4. The number of hydrogen-bond donors (Lipinski definition) is 0. The van der Waals surface area contributed by atoms with E-state index >= 15 is 0 Å². The standard InChI is InChI=1S/C30H33ClN6O2S.CH4/c1-8-24(38)35-12-20(7)36(13-19(35)6)28-21-11-23(31)26(22-15-40-14-18(22)5)33-29(21)37(30(39)34-28)27-17(4)9-10-32-25(27)16(2)3;/h8-11,14-16,19-20H,1,12-13H2,2-7H3;1H4/t19-,20+;/m1./s1. The fraction of sp³-hybridized carbons (Fsp3) is 0.387. The van der Waals surface area contributed by atoms with E-state index in [0.29, 0.717) is 46.3 Å². The second-order valence-corrected chi connectivity index (χ2v) is 11.9. The minimum absolute atomic E-state index is 0. The lowest BCUT2D eigenvalue weighted by Crippen LogP contribution is -2.58. The fourth-order valence-electron chi connectivity index (χ4n) is 5.45. The van der Waals surface area contributed by atoms with Crippen molar-refractivity contribution in [2.45, 2.75) is 67.0 Å². The largest absolute Gasteiger partial charge is 0.355 e. The van der Waals surface area contributed by atoms with Crippen LogP contribution in [0, 0.1) is 13.8 Å². The van der Waals surface area contributed by atoms with Gasteiger partial charge in [0.1, 0.15) is 5.82 Å². The number of rotatable bonds is 5. The third-order valence-corrected chi connectivity index (χ3v) is 8.70. The molecular weight excluding hydrogens is 556 g/mol. The zero-order valence-electron chi connectivity index (χ0n) is 23.6. The lowest BCUT2D eigenvalue weighted by Gasteiger charge is -2.44. The molecule has 0 unspecified atom stereocenters. The molecule has 5 rings (SSSR count). The van der Waals surface area contributed by atoms with Crippen LogP contribution in [-0.4, -0.2) is 55.5 Å². The van der Waals surface area contributed by atoms with E-state index in [1.807, 2.05) is 45.2 Å². The highest BCUT2D eigenvalue weighted by atomic mass is 35.5. The van der Waals surface area contributed by atoms with E-state index < -0.39 is 5.69 Å². The maximum absolute atomic E-state index is 14.0. The molecule has 2 atom stereocenters. The minimum Gasteiger partial charge on any atom is -0.349 e. The third-order valence-electron chi connectivity index (χ3n) is 7.55. The minimum atomic E-state index is -0.437. The van der Waals surface area contributed by atoms with Gasteiger partial charge in [0.05, 0.1) is 27.5 Å². The molecule has 1 fully saturated rings. The van der Waals surface area contributed by atoms with Crippen LogP contribution in [0.25, 0.3) is 28.0 Å². The van der Waals surface area contributed by atoms with Crippen molar-refractivity contribution in [2.24, 2.45) is 0 Å². The van der Waals surface area contributed by atoms with E-state index in [9.17, 15) is 9.59 Å². The van der Waals surface area contributed by atoms with Crippen LogP contribution >= 0.6 is 22.9 Å². The Kier molecular flexibility index (Phi) is 8.70. The molecule has 0 saturated carbocycles. The highest BCUT2D eigenvalue weighted by molar-refractivity contribution is 7.08. The highest BCUT2D eigenvalue weighted by Gasteiger charge is 2.34. The van der Waals surface area contributed by atoms with Gasteiger partial charge in [0, 0.05) is 42.3 Å². The van der Waals surface area contributed by atoms with Crippen molar-refractivity contribution in [1.82, 2.24) is 24.4 Å². The molecule has 41 heavy (non-hydrogen) atoms. The first-order chi connectivity index (χ1) is 19.0. The number of thiophene rings is 1. The van der Waals surface area contributed by atoms with Crippen LogP contribution in [0.15, 0.2) is 46.5 Å². The van der Waals surface area contributed by atoms with E-state index in [0.717, 1.165) is 22.4 Å². The van der Waals surface area contributed by atoms with Gasteiger partial charge in [0.2, 0.25) is 5.91 Å². The van der Waals surface area contributed by atoms with Gasteiger partial charge in [0.15, 0.2) is 5.65 Å². The van der Waals surface area contributed by atoms with Crippen molar-refractivity contribution in [3.8, 4) is 16.9 Å². The number of anilines is 1. The van der Waals surface area contributed by atoms with E-state index in [1.165, 1.54) is 6.08 Å². The molecule has 216 valence electrons. The predicted octanol–water partition coefficient (Wildman–Crippen LogP) is 6.55. The summed E-state index contributed by atoms with van der Waals surface area (Å²) in [4.78, 5) is 44.7. The number of aromatic nitrogens is 4. The van der Waals surface area contributed by atoms with Gasteiger partial charge in [0.25, 0.3) is 0 Å². The first-order valence-corrected chi connectivity index (χ1v) is 14.7. The fourth-order valence-corrected chi connectivity index (χ4v) is 6.53. The number of piperazine rings is 1. The number of amides is 1. The van der Waals surface area contributed by atoms with Gasteiger partial charge in [-0.1, -0.05) is 39.5 Å². The maximum atomic E-state index is 14.0. The smallest absolute Gasteiger partial charge is 0.349 e. The molecule has 4 aromatic heterocycles. The molecule has 0 aromatic carbocycles. The van der Waals surface area contributed by atoms with Crippen molar-refractivity contribution >= 4 is 45.7 Å². The summed E-state index contributed by atoms with van der Waals surface area (Å²) in [6.45, 7) is 16.7. The summed E-state index contributed by atoms with van der Waals surface area (Å²) in [5.41, 5.74) is 5.04. The summed E-state index contributed by atoms with van der Waals surface area (Å²) >= 11 is 8.49. The van der Waals surface area contributed by atoms with Gasteiger partial charge in [-0.3, -0.25) is 9.78 Å². The van der Waals surface area contributed by atoms with Crippen molar-refractivity contribution < 1.29 is 4.79 Å². The molecule has 0 aliphatic carbocycles. The number of halogens is 1. The van der Waals surface area contributed by atoms with Crippen LogP contribution in [-0.2, 0) is 4.79 Å². The van der Waals surface area contributed by atoms with Gasteiger partial charge in [-0.15, -0.1) is 0 Å². The number of aryl methyl sites for hydroxylation is 2. The third kappa shape index (κ3) is 5.28. The molecule has 4 aromatic rings. The van der Waals surface area contributed by atoms with Crippen molar-refractivity contribution in [3.05, 3.63) is 74.1 Å². The average molecular weight is 593 g/mol. The van der Waals surface area contributed by atoms with Crippen LogP contribution < -0.4 is 10.6 Å². The predicted molar refractivity (Wildman–Crippen MR) is 170 cm³/mol. The number of carbonyl (C=O) groups excluding carboxylic acids is 1. The molecule has 0 radical (unpaired) electrons. The SMILES string of the molecule is C.C=CC(=O)N1C[C@H](C)N(c2nc(=O)n(-c3c(C)ccnc3C(C)C)c3nc(-c4cscc4C)c(Cl)cc23)C[C@H]1C. The second kappa shape index (κ2) is 11.7. The zero-order chi connectivity index (χ0) is 28.9. The normalized spacial score (nSPS) is 17.2. The molecule has 0 spiro atoms. The molecule has 1 aliphatic rings. The Hall–Kier alpha value is -3.56. The van der Waals surface area contributed by atoms with Crippen LogP contribution in [0.2, 0.25) is 5.02 Å². The summed E-state index contributed by atoms with van der Waals surface area (Å²) in [5, 5.41) is 5.23. The summed E-state index contributed by atoms with van der Waals surface area (Å²) in [7, 11) is 0. The molecule has 5 heterocycles. The van der Waals surface area contributed by atoms with Crippen molar-refractivity contribution in [1.29, 1.82) is 0 Å². The topological polar surface area (TPSA) is 84.2 Å². The molecule has 10 heteroatoms. The van der Waals surface area contributed by atoms with Gasteiger partial charge < -0.3 is 9.80 Å². The van der Waals surface area contributed by atoms with Crippen LogP contribution in [0.3, 0.4) is 0 Å². The molecule has 0 bridgehead atoms. The molecule has 1 amide bonds. The lowest BCUT2D eigenvalue weighted by atomic mass is 10.0. The second-order valence-electron chi connectivity index (χ2n) is 10.8. The van der Waals surface area contributed by atoms with Crippen LogP contribution in [0.4, 0.5) is 5.82 Å². The summed E-state index contributed by atoms with van der Waals surface area (Å²) < 4.78 is 1.59. The number of carbonyl (C=O) groups is 1. The number of pyridine rings is 2. The van der Waals surface area contributed by atoms with Crippen molar-refractivity contribution in [3.63, 3.8) is 0 Å². The summed E-state index contributed by atoms with van der Waals surface area (Å²) in [6.07, 6.45) is 3.11. The molecule has 1 saturated heterocycles. The summed E-state index contributed by atoms with van der Waals surface area (Å²) in [6, 6.07) is 3.56. The quantitative estimate of drug-likeness (QED) is 0.244. The Labute approximate surface area is 250 Å². The monoisotopic (exact) mass is 592 g/mol. The van der Waals surface area contributed by atoms with E-state index in [1.54, 1.807) is 27.0 Å². The maximum Gasteiger partial charge on any atom is 0.355 e. The Morgan fingerprint density at radius 2 is 1.88 bits per heavy atom. The van der Waals surface area contributed by atoms with E-state index in [2.05, 4.69) is 40.7 Å². The average Bonchev–Trinajstić information content (AvgIpc) is 3.34. The molecule has 1 aliphatic heterocycles. The molecule has 8 nitrogen and oxygen atoms in total. The Bertz CT molecular complexity index is 1690. The van der Waals surface area contributed by atoms with Gasteiger partial charge in [-0.05, 0) is 68.3 Å². The van der Waals surface area contributed by atoms with Crippen LogP contribution in [0.1, 0.15) is 57.9 Å². The van der Waals surface area contributed by atoms with Gasteiger partial charge >= 0.3 is 5.69 Å². The van der Waals surface area contributed by atoms with Gasteiger partial charge in [-0.2, -0.15) is 16.3 Å². The number of fused-ring (bicyclic) bond motifs is 1. The lowest BCUT2D eigenvalue weighted by molar-refractivity contribution is -0.128. The highest BCUT2D eigenvalue weighted by Crippen LogP contribution is 2.37. The van der Waals surface area contributed by atoms with E-state index in [-0.39, 0.29) is 31.3 Å². The number of hydrogen-bond acceptors (Lipinski definition) is 7. The number of nitrogens with zero attached hydrogens (tertiary/aromatic N) is 6. The molecule has 0 N–H and O–H groups in total. The Morgan fingerprint density at radius 3 is 2.51 bits per heavy atom.